The number of nitrogens with zero attached hydrogens (tertiary/aromatic N) is 3. The lowest BCUT2D eigenvalue weighted by Crippen LogP contribution is -2.51. The molecule has 1 atom stereocenters. The van der Waals surface area contributed by atoms with Crippen molar-refractivity contribution in [1.82, 2.24) is 25.5 Å². The number of nitrogens with two attached hydrogens (primary N) is 1. The highest BCUT2D eigenvalue weighted by molar-refractivity contribution is 5.89. The third kappa shape index (κ3) is 5.13. The van der Waals surface area contributed by atoms with Gasteiger partial charge < -0.3 is 16.4 Å². The van der Waals surface area contributed by atoms with E-state index in [1.807, 2.05) is 26.1 Å². The second kappa shape index (κ2) is 9.56. The van der Waals surface area contributed by atoms with E-state index in [4.69, 9.17) is 5.73 Å². The number of pyridine rings is 2. The van der Waals surface area contributed by atoms with Crippen molar-refractivity contribution in [1.29, 1.82) is 0 Å². The molecule has 0 radical (unpaired) electrons. The Bertz CT molecular complexity index is 1220. The Labute approximate surface area is 200 Å². The molecule has 8 heteroatoms. The van der Waals surface area contributed by atoms with Gasteiger partial charge in [-0.1, -0.05) is 0 Å². The zero-order valence-corrected chi connectivity index (χ0v) is 20.5. The summed E-state index contributed by atoms with van der Waals surface area (Å²) < 4.78 is 14.9. The summed E-state index contributed by atoms with van der Waals surface area (Å²) in [6.07, 6.45) is 6.96. The Morgan fingerprint density at radius 1 is 1.15 bits per heavy atom. The van der Waals surface area contributed by atoms with Gasteiger partial charge in [0.25, 0.3) is 0 Å². The van der Waals surface area contributed by atoms with Gasteiger partial charge in [-0.3, -0.25) is 15.2 Å². The molecule has 4 rings (SSSR count). The van der Waals surface area contributed by atoms with Crippen LogP contribution in [0.3, 0.4) is 0 Å². The Kier molecular flexibility index (Phi) is 6.72. The Morgan fingerprint density at radius 2 is 1.94 bits per heavy atom. The van der Waals surface area contributed by atoms with Crippen LogP contribution in [0.25, 0.3) is 21.9 Å². The predicted molar refractivity (Wildman–Crippen MR) is 138 cm³/mol. The number of piperazine rings is 1. The molecule has 1 saturated heterocycles. The van der Waals surface area contributed by atoms with Crippen LogP contribution in [0, 0.1) is 12.7 Å². The van der Waals surface area contributed by atoms with Crippen LogP contribution in [0.4, 0.5) is 15.9 Å². The third-order valence-electron chi connectivity index (χ3n) is 6.38. The largest absolute Gasteiger partial charge is 0.397 e. The average Bonchev–Trinajstić information content (AvgIpc) is 2.80. The summed E-state index contributed by atoms with van der Waals surface area (Å²) in [7, 11) is 1.91. The minimum atomic E-state index is -0.324. The highest BCUT2D eigenvalue weighted by atomic mass is 19.1. The summed E-state index contributed by atoms with van der Waals surface area (Å²) in [5.74, 6) is 0.377. The van der Waals surface area contributed by atoms with E-state index in [2.05, 4.69) is 57.7 Å². The van der Waals surface area contributed by atoms with Gasteiger partial charge in [0.05, 0.1) is 18.1 Å². The molecule has 0 spiro atoms. The minimum absolute atomic E-state index is 0.118. The number of likely N-dealkylation sites (N-methyl/N-ethyl adjacent to an activating group) is 1. The van der Waals surface area contributed by atoms with Gasteiger partial charge in [0, 0.05) is 59.8 Å². The van der Waals surface area contributed by atoms with Crippen molar-refractivity contribution >= 4 is 22.3 Å². The van der Waals surface area contributed by atoms with E-state index < -0.39 is 0 Å². The standard InChI is InChI=1S/C26H34FN7/c1-16-21(13-30-14-23(16)28)20-8-17-10-25(32-12-18(17)9-22(20)27)33-24(29-5)11-19-15-34(7-6-31-19)26(2,3)4/h8-14,24,29,31H,6-7,15,28H2,1-5H3,(H,32,33)/b19-11-. The third-order valence-corrected chi connectivity index (χ3v) is 6.38. The Balaban J connectivity index is 1.60. The summed E-state index contributed by atoms with van der Waals surface area (Å²) in [5.41, 5.74) is 9.81. The maximum Gasteiger partial charge on any atom is 0.131 e. The van der Waals surface area contributed by atoms with E-state index in [1.54, 1.807) is 18.6 Å². The molecule has 3 aromatic rings. The van der Waals surface area contributed by atoms with Gasteiger partial charge in [0.15, 0.2) is 0 Å². The number of hydrogen-bond acceptors (Lipinski definition) is 7. The SMILES string of the molecule is CNC(/C=C1/CN(C(C)(C)C)CCN1)Nc1cc2cc(-c3cncc(N)c3C)c(F)cc2cn1. The van der Waals surface area contributed by atoms with Crippen LogP contribution in [0.5, 0.6) is 0 Å². The normalized spacial score (nSPS) is 17.1. The van der Waals surface area contributed by atoms with E-state index in [1.165, 1.54) is 11.8 Å². The van der Waals surface area contributed by atoms with E-state index in [0.717, 1.165) is 36.0 Å². The molecule has 180 valence electrons. The van der Waals surface area contributed by atoms with Gasteiger partial charge in [-0.05, 0) is 70.0 Å². The number of anilines is 2. The van der Waals surface area contributed by atoms with Gasteiger partial charge >= 0.3 is 0 Å². The molecular formula is C26H34FN7. The molecule has 0 saturated carbocycles. The summed E-state index contributed by atoms with van der Waals surface area (Å²) in [4.78, 5) is 11.1. The van der Waals surface area contributed by atoms with Crippen LogP contribution in [-0.4, -0.2) is 53.3 Å². The highest BCUT2D eigenvalue weighted by Gasteiger charge is 2.25. The van der Waals surface area contributed by atoms with Crippen molar-refractivity contribution in [3.8, 4) is 11.1 Å². The summed E-state index contributed by atoms with van der Waals surface area (Å²) in [5, 5.41) is 11.8. The smallest absolute Gasteiger partial charge is 0.131 e. The number of hydrogen-bond donors (Lipinski definition) is 4. The van der Waals surface area contributed by atoms with Crippen LogP contribution in [0.1, 0.15) is 26.3 Å². The van der Waals surface area contributed by atoms with E-state index in [-0.39, 0.29) is 17.5 Å². The zero-order chi connectivity index (χ0) is 24.5. The topological polar surface area (TPSA) is 91.1 Å². The molecule has 1 aliphatic rings. The second-order valence-electron chi connectivity index (χ2n) is 9.77. The maximum atomic E-state index is 14.9. The molecule has 2 aromatic heterocycles. The lowest BCUT2D eigenvalue weighted by atomic mass is 9.98. The first-order valence-corrected chi connectivity index (χ1v) is 11.6. The fourth-order valence-corrected chi connectivity index (χ4v) is 4.20. The van der Waals surface area contributed by atoms with Crippen LogP contribution in [0.2, 0.25) is 0 Å². The van der Waals surface area contributed by atoms with Crippen molar-refractivity contribution in [2.45, 2.75) is 39.4 Å². The summed E-state index contributed by atoms with van der Waals surface area (Å²) in [6, 6.07) is 5.28. The molecular weight excluding hydrogens is 429 g/mol. The zero-order valence-electron chi connectivity index (χ0n) is 20.5. The Morgan fingerprint density at radius 3 is 2.68 bits per heavy atom. The van der Waals surface area contributed by atoms with Crippen LogP contribution >= 0.6 is 0 Å². The molecule has 3 heterocycles. The lowest BCUT2D eigenvalue weighted by molar-refractivity contribution is 0.134. The average molecular weight is 464 g/mol. The van der Waals surface area contributed by atoms with Crippen molar-refractivity contribution < 1.29 is 4.39 Å². The molecule has 7 nitrogen and oxygen atoms in total. The van der Waals surface area contributed by atoms with E-state index in [0.29, 0.717) is 22.6 Å². The van der Waals surface area contributed by atoms with Crippen molar-refractivity contribution in [2.75, 3.05) is 37.7 Å². The molecule has 0 amide bonds. The van der Waals surface area contributed by atoms with Gasteiger partial charge in [-0.15, -0.1) is 0 Å². The highest BCUT2D eigenvalue weighted by Crippen LogP contribution is 2.32. The first-order valence-electron chi connectivity index (χ1n) is 11.6. The quantitative estimate of drug-likeness (QED) is 0.427. The number of nitrogen functional groups attached to an aromatic ring is 1. The number of aromatic nitrogens is 2. The van der Waals surface area contributed by atoms with Crippen LogP contribution < -0.4 is 21.7 Å². The minimum Gasteiger partial charge on any atom is -0.397 e. The van der Waals surface area contributed by atoms with Gasteiger partial charge in [0.1, 0.15) is 11.6 Å². The molecule has 1 aliphatic heterocycles. The molecule has 0 bridgehead atoms. The molecule has 1 aromatic carbocycles. The Hall–Kier alpha value is -3.23. The molecule has 34 heavy (non-hydrogen) atoms. The van der Waals surface area contributed by atoms with E-state index >= 15 is 0 Å². The lowest BCUT2D eigenvalue weighted by Gasteiger charge is -2.40. The number of fused-ring (bicyclic) bond motifs is 1. The fourth-order valence-electron chi connectivity index (χ4n) is 4.20. The van der Waals surface area contributed by atoms with Gasteiger partial charge in [0.2, 0.25) is 0 Å². The number of nitrogens with one attached hydrogen (secondary N) is 3. The summed E-state index contributed by atoms with van der Waals surface area (Å²) >= 11 is 0. The van der Waals surface area contributed by atoms with Crippen molar-refractivity contribution in [3.05, 3.63) is 59.9 Å². The molecule has 0 aliphatic carbocycles. The predicted octanol–water partition coefficient (Wildman–Crippen LogP) is 3.87. The second-order valence-corrected chi connectivity index (χ2v) is 9.77. The van der Waals surface area contributed by atoms with E-state index in [9.17, 15) is 4.39 Å². The monoisotopic (exact) mass is 463 g/mol. The number of benzene rings is 1. The fraction of sp³-hybridized carbons (Fsp3) is 0.385. The van der Waals surface area contributed by atoms with Gasteiger partial charge in [-0.2, -0.15) is 0 Å². The molecule has 1 unspecified atom stereocenters. The maximum absolute atomic E-state index is 14.9. The summed E-state index contributed by atoms with van der Waals surface area (Å²) in [6.45, 7) is 11.4. The van der Waals surface area contributed by atoms with Crippen molar-refractivity contribution in [3.63, 3.8) is 0 Å². The van der Waals surface area contributed by atoms with Crippen LogP contribution in [0.15, 0.2) is 48.6 Å². The first-order chi connectivity index (χ1) is 16.2. The van der Waals surface area contributed by atoms with Crippen LogP contribution in [-0.2, 0) is 0 Å². The number of halogens is 1. The van der Waals surface area contributed by atoms with Crippen molar-refractivity contribution in [2.24, 2.45) is 0 Å². The molecule has 1 fully saturated rings. The van der Waals surface area contributed by atoms with Gasteiger partial charge in [-0.25, -0.2) is 9.37 Å². The molecule has 5 N–H and O–H groups in total. The first kappa shape index (κ1) is 23.9. The number of rotatable bonds is 5.